The van der Waals surface area contributed by atoms with Crippen LogP contribution < -0.4 is 4.74 Å². The lowest BCUT2D eigenvalue weighted by atomic mass is 10.0. The van der Waals surface area contributed by atoms with Crippen LogP contribution >= 0.6 is 27.5 Å². The largest absolute Gasteiger partial charge is 0.494 e. The van der Waals surface area contributed by atoms with Gasteiger partial charge in [-0.2, -0.15) is 0 Å². The molecule has 0 bridgehead atoms. The fraction of sp³-hybridized carbons (Fsp3) is 0.250. The number of halogens is 2. The highest BCUT2D eigenvalue weighted by atomic mass is 79.9. The number of rotatable bonds is 5. The fourth-order valence-electron chi connectivity index (χ4n) is 2.03. The Hall–Kier alpha value is -1.03. The Morgan fingerprint density at radius 3 is 2.70 bits per heavy atom. The summed E-state index contributed by atoms with van der Waals surface area (Å²) in [6.07, 6.45) is -0.0637. The third-order valence-corrected chi connectivity index (χ3v) is 3.88. The first-order valence-corrected chi connectivity index (χ1v) is 7.62. The molecule has 0 fully saturated rings. The average molecular weight is 356 g/mol. The predicted molar refractivity (Wildman–Crippen MR) is 85.4 cm³/mol. The third-order valence-electron chi connectivity index (χ3n) is 2.96. The van der Waals surface area contributed by atoms with Crippen LogP contribution in [0.3, 0.4) is 0 Å². The smallest absolute Gasteiger partial charge is 0.120 e. The molecule has 0 spiro atoms. The van der Waals surface area contributed by atoms with E-state index in [-0.39, 0.29) is 0 Å². The van der Waals surface area contributed by atoms with E-state index in [2.05, 4.69) is 15.9 Å². The number of hydrogen-bond acceptors (Lipinski definition) is 2. The van der Waals surface area contributed by atoms with Crippen molar-refractivity contribution >= 4 is 27.5 Å². The monoisotopic (exact) mass is 354 g/mol. The van der Waals surface area contributed by atoms with Crippen LogP contribution in [0.25, 0.3) is 0 Å². The zero-order valence-electron chi connectivity index (χ0n) is 11.1. The maximum Gasteiger partial charge on any atom is 0.120 e. The molecule has 0 saturated carbocycles. The van der Waals surface area contributed by atoms with E-state index in [4.69, 9.17) is 16.3 Å². The number of aliphatic hydroxyl groups is 1. The van der Waals surface area contributed by atoms with Gasteiger partial charge in [-0.3, -0.25) is 0 Å². The Morgan fingerprint density at radius 2 is 2.05 bits per heavy atom. The summed E-state index contributed by atoms with van der Waals surface area (Å²) in [7, 11) is 0. The molecule has 0 aliphatic rings. The number of benzene rings is 2. The van der Waals surface area contributed by atoms with Gasteiger partial charge in [-0.15, -0.1) is 0 Å². The Kier molecular flexibility index (Phi) is 5.46. The second-order valence-electron chi connectivity index (χ2n) is 4.47. The van der Waals surface area contributed by atoms with Gasteiger partial charge in [0.05, 0.1) is 12.7 Å². The molecule has 0 heterocycles. The normalized spacial score (nSPS) is 12.2. The summed E-state index contributed by atoms with van der Waals surface area (Å²) in [4.78, 5) is 0. The highest BCUT2D eigenvalue weighted by Crippen LogP contribution is 2.30. The summed E-state index contributed by atoms with van der Waals surface area (Å²) in [6, 6.07) is 13.2. The number of aliphatic hydroxyl groups excluding tert-OH is 1. The van der Waals surface area contributed by atoms with Crippen LogP contribution in [0, 0.1) is 0 Å². The highest BCUT2D eigenvalue weighted by molar-refractivity contribution is 9.10. The van der Waals surface area contributed by atoms with E-state index in [1.807, 2.05) is 49.4 Å². The van der Waals surface area contributed by atoms with E-state index in [0.29, 0.717) is 18.1 Å². The van der Waals surface area contributed by atoms with Crippen LogP contribution in [-0.2, 0) is 6.42 Å². The van der Waals surface area contributed by atoms with E-state index in [1.165, 1.54) is 0 Å². The van der Waals surface area contributed by atoms with Crippen LogP contribution in [0.2, 0.25) is 5.02 Å². The van der Waals surface area contributed by atoms with E-state index < -0.39 is 6.10 Å². The summed E-state index contributed by atoms with van der Waals surface area (Å²) in [5, 5.41) is 11.0. The minimum absolute atomic E-state index is 0.521. The summed E-state index contributed by atoms with van der Waals surface area (Å²) in [5.41, 5.74) is 1.85. The van der Waals surface area contributed by atoms with Crippen molar-refractivity contribution in [3.8, 4) is 5.75 Å². The molecule has 2 nitrogen and oxygen atoms in total. The molecule has 1 atom stereocenters. The van der Waals surface area contributed by atoms with Crippen LogP contribution in [0.1, 0.15) is 24.2 Å². The predicted octanol–water partition coefficient (Wildman–Crippen LogP) is 4.78. The van der Waals surface area contributed by atoms with Gasteiger partial charge < -0.3 is 9.84 Å². The van der Waals surface area contributed by atoms with Crippen LogP contribution in [0.4, 0.5) is 0 Å². The first-order valence-electron chi connectivity index (χ1n) is 6.45. The molecule has 20 heavy (non-hydrogen) atoms. The van der Waals surface area contributed by atoms with Crippen molar-refractivity contribution in [2.24, 2.45) is 0 Å². The topological polar surface area (TPSA) is 29.5 Å². The molecule has 0 radical (unpaired) electrons. The van der Waals surface area contributed by atoms with Gasteiger partial charge in [0.1, 0.15) is 5.75 Å². The van der Waals surface area contributed by atoms with Crippen molar-refractivity contribution in [2.45, 2.75) is 19.4 Å². The van der Waals surface area contributed by atoms with Gasteiger partial charge in [0.2, 0.25) is 0 Å². The molecule has 0 saturated heterocycles. The number of hydrogen-bond donors (Lipinski definition) is 1. The molecule has 0 aliphatic carbocycles. The quantitative estimate of drug-likeness (QED) is 0.836. The van der Waals surface area contributed by atoms with Crippen LogP contribution in [0.5, 0.6) is 5.75 Å². The molecule has 4 heteroatoms. The molecule has 0 aliphatic heterocycles. The van der Waals surface area contributed by atoms with Crippen molar-refractivity contribution in [1.82, 2.24) is 0 Å². The second kappa shape index (κ2) is 7.11. The summed E-state index contributed by atoms with van der Waals surface area (Å²) in [5.74, 6) is 0.790. The molecule has 0 amide bonds. The van der Waals surface area contributed by atoms with Gasteiger partial charge in [0.25, 0.3) is 0 Å². The molecule has 106 valence electrons. The van der Waals surface area contributed by atoms with Crippen LogP contribution in [0.15, 0.2) is 46.9 Å². The molecule has 2 rings (SSSR count). The second-order valence-corrected chi connectivity index (χ2v) is 5.76. The first-order chi connectivity index (χ1) is 9.60. The third kappa shape index (κ3) is 3.98. The van der Waals surface area contributed by atoms with E-state index in [1.54, 1.807) is 0 Å². The van der Waals surface area contributed by atoms with E-state index in [9.17, 15) is 5.11 Å². The van der Waals surface area contributed by atoms with Gasteiger partial charge in [-0.25, -0.2) is 0 Å². The van der Waals surface area contributed by atoms with Crippen molar-refractivity contribution in [2.75, 3.05) is 6.61 Å². The van der Waals surface area contributed by atoms with Gasteiger partial charge in [0.15, 0.2) is 0 Å². The summed E-state index contributed by atoms with van der Waals surface area (Å²) in [6.45, 7) is 2.56. The maximum absolute atomic E-state index is 10.4. The Balaban J connectivity index is 2.14. The Bertz CT molecular complexity index is 586. The average Bonchev–Trinajstić information content (AvgIpc) is 2.39. The zero-order valence-corrected chi connectivity index (χ0v) is 13.5. The number of ether oxygens (including phenoxy) is 1. The lowest BCUT2D eigenvalue weighted by Gasteiger charge is -2.14. The van der Waals surface area contributed by atoms with Gasteiger partial charge in [-0.05, 0) is 42.3 Å². The fourth-order valence-corrected chi connectivity index (χ4v) is 2.87. The SMILES string of the molecule is CCOc1ccc(C(O)Cc2cccc(Cl)c2)c(Br)c1. The van der Waals surface area contributed by atoms with Crippen molar-refractivity contribution in [1.29, 1.82) is 0 Å². The minimum atomic E-state index is -0.585. The van der Waals surface area contributed by atoms with Crippen molar-refractivity contribution in [3.63, 3.8) is 0 Å². The van der Waals surface area contributed by atoms with Crippen molar-refractivity contribution < 1.29 is 9.84 Å². The minimum Gasteiger partial charge on any atom is -0.494 e. The molecular weight excluding hydrogens is 340 g/mol. The zero-order chi connectivity index (χ0) is 14.5. The lowest BCUT2D eigenvalue weighted by molar-refractivity contribution is 0.177. The van der Waals surface area contributed by atoms with Crippen molar-refractivity contribution in [3.05, 3.63) is 63.1 Å². The van der Waals surface area contributed by atoms with Gasteiger partial charge >= 0.3 is 0 Å². The molecule has 0 aromatic heterocycles. The Labute approximate surface area is 132 Å². The van der Waals surface area contributed by atoms with Gasteiger partial charge in [0, 0.05) is 15.9 Å². The van der Waals surface area contributed by atoms with Crippen LogP contribution in [-0.4, -0.2) is 11.7 Å². The first kappa shape index (κ1) is 15.4. The van der Waals surface area contributed by atoms with E-state index in [0.717, 1.165) is 21.3 Å². The Morgan fingerprint density at radius 1 is 1.25 bits per heavy atom. The molecular formula is C16H16BrClO2. The molecule has 1 unspecified atom stereocenters. The molecule has 1 N–H and O–H groups in total. The van der Waals surface area contributed by atoms with Gasteiger partial charge in [-0.1, -0.05) is 45.7 Å². The molecule has 2 aromatic carbocycles. The summed E-state index contributed by atoms with van der Waals surface area (Å²) >= 11 is 9.43. The lowest BCUT2D eigenvalue weighted by Crippen LogP contribution is -2.03. The highest BCUT2D eigenvalue weighted by Gasteiger charge is 2.13. The van der Waals surface area contributed by atoms with E-state index >= 15 is 0 Å². The standard InChI is InChI=1S/C16H16BrClO2/c1-2-20-13-6-7-14(15(17)10-13)16(19)9-11-4-3-5-12(18)8-11/h3-8,10,16,19H,2,9H2,1H3. The summed E-state index contributed by atoms with van der Waals surface area (Å²) < 4.78 is 6.27. The molecule has 2 aromatic rings. The maximum atomic E-state index is 10.4.